The number of hydrogen-bond donors (Lipinski definition) is 1. The highest BCUT2D eigenvalue weighted by molar-refractivity contribution is 7.97. The molecule has 0 spiro atoms. The fraction of sp³-hybridized carbons (Fsp3) is 0.261. The Kier molecular flexibility index (Phi) is 7.67. The number of aromatic nitrogens is 2. The number of carbonyl (C=O) groups is 1. The maximum absolute atomic E-state index is 12.9. The Morgan fingerprint density at radius 2 is 1.71 bits per heavy atom. The highest BCUT2D eigenvalue weighted by atomic mass is 32.2. The molecule has 1 aromatic heterocycles. The van der Waals surface area contributed by atoms with Crippen molar-refractivity contribution in [3.05, 3.63) is 71.0 Å². The molecule has 180 valence electrons. The summed E-state index contributed by atoms with van der Waals surface area (Å²) in [6.45, 7) is 3.94. The van der Waals surface area contributed by atoms with Gasteiger partial charge in [-0.25, -0.2) is 18.4 Å². The molecule has 0 fully saturated rings. The van der Waals surface area contributed by atoms with Crippen molar-refractivity contribution in [2.45, 2.75) is 25.2 Å². The summed E-state index contributed by atoms with van der Waals surface area (Å²) in [5.41, 5.74) is 9.25. The van der Waals surface area contributed by atoms with Crippen LogP contribution in [0.3, 0.4) is 0 Å². The largest absolute Gasteiger partial charge is 0.382 e. The van der Waals surface area contributed by atoms with Crippen molar-refractivity contribution in [3.63, 3.8) is 0 Å². The minimum atomic E-state index is -3.93. The Labute approximate surface area is 198 Å². The van der Waals surface area contributed by atoms with Gasteiger partial charge in [-0.1, -0.05) is 35.9 Å². The van der Waals surface area contributed by atoms with Gasteiger partial charge < -0.3 is 14.8 Å². The fourth-order valence-electron chi connectivity index (χ4n) is 3.38. The van der Waals surface area contributed by atoms with E-state index in [0.717, 1.165) is 30.9 Å². The van der Waals surface area contributed by atoms with E-state index >= 15 is 0 Å². The van der Waals surface area contributed by atoms with Gasteiger partial charge in [0.2, 0.25) is 0 Å². The Hall–Kier alpha value is -2.91. The number of ketones is 1. The van der Waals surface area contributed by atoms with Gasteiger partial charge in [0.05, 0.1) is 16.8 Å². The van der Waals surface area contributed by atoms with E-state index in [1.165, 1.54) is 30.5 Å². The number of carbonyl (C=O) groups excluding carboxylic acids is 1. The number of Topliss-reactive ketones (excluding diaryl/α,β-unsaturated/α-hetero) is 1. The first-order valence-corrected chi connectivity index (χ1v) is 13.6. The van der Waals surface area contributed by atoms with Crippen LogP contribution in [-0.4, -0.2) is 43.9 Å². The first-order valence-electron chi connectivity index (χ1n) is 10.2. The molecule has 3 aromatic rings. The fourth-order valence-corrected chi connectivity index (χ4v) is 7.19. The predicted octanol–water partition coefficient (Wildman–Crippen LogP) is 3.99. The van der Waals surface area contributed by atoms with E-state index in [1.54, 1.807) is 0 Å². The lowest BCUT2D eigenvalue weighted by Crippen LogP contribution is -2.12. The number of aryl methyl sites for hydroxylation is 2. The summed E-state index contributed by atoms with van der Waals surface area (Å²) < 4.78 is 46.8. The van der Waals surface area contributed by atoms with Crippen molar-refractivity contribution in [1.29, 1.82) is 0 Å². The average molecular weight is 504 g/mol. The van der Waals surface area contributed by atoms with Gasteiger partial charge in [-0.15, -0.1) is 0 Å². The summed E-state index contributed by atoms with van der Waals surface area (Å²) >= 11 is 0. The molecule has 0 aliphatic heterocycles. The molecule has 0 unspecified atom stereocenters. The molecule has 0 aliphatic carbocycles. The van der Waals surface area contributed by atoms with Crippen LogP contribution >= 0.6 is 7.60 Å². The number of nitrogens with zero attached hydrogens (tertiary/aromatic N) is 2. The molecule has 1 heterocycles. The predicted molar refractivity (Wildman–Crippen MR) is 130 cm³/mol. The first-order chi connectivity index (χ1) is 16.0. The van der Waals surface area contributed by atoms with Crippen LogP contribution in [0.25, 0.3) is 11.3 Å². The van der Waals surface area contributed by atoms with Gasteiger partial charge >= 0.3 is 7.60 Å². The third-order valence-electron chi connectivity index (χ3n) is 5.25. The van der Waals surface area contributed by atoms with Gasteiger partial charge in [-0.3, -0.25) is 9.36 Å². The van der Waals surface area contributed by atoms with Crippen LogP contribution in [0.15, 0.2) is 53.6 Å². The summed E-state index contributed by atoms with van der Waals surface area (Å²) in [6.07, 6.45) is 1.48. The highest BCUT2D eigenvalue weighted by Crippen LogP contribution is 2.48. The molecule has 0 saturated carbocycles. The standard InChI is InChI=1S/C23H26N3O6PS/c1-15-5-10-19(16(2)11-15)20-13-25-23(24)22(26-20)21(27)12-17-6-8-18(9-7-17)34(29,30)14-33(28,31-3)32-4/h5-11,13H,12,14H2,1-4H3,(H2,24,25). The molecule has 0 radical (unpaired) electrons. The number of sulfone groups is 1. The van der Waals surface area contributed by atoms with Gasteiger partial charge in [0.25, 0.3) is 0 Å². The van der Waals surface area contributed by atoms with Crippen LogP contribution in [-0.2, 0) is 29.9 Å². The van der Waals surface area contributed by atoms with Crippen molar-refractivity contribution in [1.82, 2.24) is 9.97 Å². The van der Waals surface area contributed by atoms with Gasteiger partial charge in [-0.05, 0) is 37.1 Å². The number of nitrogen functional groups attached to an aromatic ring is 1. The van der Waals surface area contributed by atoms with Crippen LogP contribution in [0.2, 0.25) is 0 Å². The molecule has 2 N–H and O–H groups in total. The molecule has 0 amide bonds. The monoisotopic (exact) mass is 503 g/mol. The summed E-state index contributed by atoms with van der Waals surface area (Å²) in [6, 6.07) is 11.6. The molecule has 0 atom stereocenters. The number of rotatable bonds is 9. The topological polar surface area (TPSA) is 139 Å². The van der Waals surface area contributed by atoms with Gasteiger partial charge in [0.1, 0.15) is 5.69 Å². The van der Waals surface area contributed by atoms with E-state index in [-0.39, 0.29) is 28.6 Å². The Bertz CT molecular complexity index is 1370. The molecule has 9 nitrogen and oxygen atoms in total. The molecular weight excluding hydrogens is 477 g/mol. The number of anilines is 1. The zero-order valence-electron chi connectivity index (χ0n) is 19.3. The van der Waals surface area contributed by atoms with Crippen molar-refractivity contribution in [2.24, 2.45) is 0 Å². The normalized spacial score (nSPS) is 12.0. The Morgan fingerprint density at radius 3 is 2.29 bits per heavy atom. The zero-order valence-corrected chi connectivity index (χ0v) is 21.0. The Balaban J connectivity index is 1.82. The minimum absolute atomic E-state index is 0.0209. The number of benzene rings is 2. The van der Waals surface area contributed by atoms with E-state index in [0.29, 0.717) is 11.3 Å². The molecule has 11 heteroatoms. The second-order valence-electron chi connectivity index (χ2n) is 7.77. The summed E-state index contributed by atoms with van der Waals surface area (Å²) in [4.78, 5) is 21.5. The molecule has 3 rings (SSSR count). The van der Waals surface area contributed by atoms with Crippen molar-refractivity contribution >= 4 is 29.0 Å². The van der Waals surface area contributed by atoms with E-state index in [2.05, 4.69) is 9.97 Å². The maximum atomic E-state index is 12.9. The Morgan fingerprint density at radius 1 is 1.06 bits per heavy atom. The molecule has 0 bridgehead atoms. The van der Waals surface area contributed by atoms with Crippen molar-refractivity contribution in [2.75, 3.05) is 25.4 Å². The lowest BCUT2D eigenvalue weighted by atomic mass is 10.0. The van der Waals surface area contributed by atoms with E-state index in [9.17, 15) is 17.8 Å². The minimum Gasteiger partial charge on any atom is -0.382 e. The first kappa shape index (κ1) is 25.7. The zero-order chi connectivity index (χ0) is 25.1. The van der Waals surface area contributed by atoms with Crippen LogP contribution in [0.5, 0.6) is 0 Å². The van der Waals surface area contributed by atoms with E-state index in [1.807, 2.05) is 32.0 Å². The highest BCUT2D eigenvalue weighted by Gasteiger charge is 2.31. The lowest BCUT2D eigenvalue weighted by molar-refractivity contribution is 0.0989. The maximum Gasteiger partial charge on any atom is 0.345 e. The van der Waals surface area contributed by atoms with Crippen LogP contribution in [0.4, 0.5) is 5.82 Å². The van der Waals surface area contributed by atoms with Gasteiger partial charge in [0, 0.05) is 26.2 Å². The molecule has 2 aromatic carbocycles. The third kappa shape index (κ3) is 5.77. The summed E-state index contributed by atoms with van der Waals surface area (Å²) in [7, 11) is -5.44. The average Bonchev–Trinajstić information content (AvgIpc) is 2.79. The second kappa shape index (κ2) is 10.1. The molecular formula is C23H26N3O6PS. The van der Waals surface area contributed by atoms with Crippen molar-refractivity contribution < 1.29 is 26.8 Å². The molecule has 0 saturated heterocycles. The van der Waals surface area contributed by atoms with E-state index in [4.69, 9.17) is 14.8 Å². The quantitative estimate of drug-likeness (QED) is 0.339. The summed E-state index contributed by atoms with van der Waals surface area (Å²) in [5.74, 6) is -0.330. The van der Waals surface area contributed by atoms with Crippen LogP contribution in [0, 0.1) is 13.8 Å². The van der Waals surface area contributed by atoms with Crippen LogP contribution < -0.4 is 5.73 Å². The second-order valence-corrected chi connectivity index (χ2v) is 12.5. The van der Waals surface area contributed by atoms with Crippen LogP contribution in [0.1, 0.15) is 27.2 Å². The SMILES string of the molecule is COP(=O)(CS(=O)(=O)c1ccc(CC(=O)c2nc(-c3ccc(C)cc3C)cnc2N)cc1)OC. The third-order valence-corrected chi connectivity index (χ3v) is 9.98. The van der Waals surface area contributed by atoms with Gasteiger partial charge in [0.15, 0.2) is 26.9 Å². The van der Waals surface area contributed by atoms with Gasteiger partial charge in [-0.2, -0.15) is 0 Å². The smallest absolute Gasteiger partial charge is 0.345 e. The molecule has 0 aliphatic rings. The van der Waals surface area contributed by atoms with Crippen molar-refractivity contribution in [3.8, 4) is 11.3 Å². The van der Waals surface area contributed by atoms with E-state index < -0.39 is 22.9 Å². The number of hydrogen-bond acceptors (Lipinski definition) is 9. The molecule has 34 heavy (non-hydrogen) atoms. The lowest BCUT2D eigenvalue weighted by Gasteiger charge is -2.14. The number of nitrogens with two attached hydrogens (primary N) is 1. The summed E-state index contributed by atoms with van der Waals surface area (Å²) in [5, 5.41) is 0.